The van der Waals surface area contributed by atoms with Crippen LogP contribution in [0.2, 0.25) is 0 Å². The SMILES string of the molecule is C/C(=C\C(=O)O)c1c[nH]c(N)n1. The van der Waals surface area contributed by atoms with Gasteiger partial charge in [0.2, 0.25) is 0 Å². The molecule has 1 aromatic rings. The van der Waals surface area contributed by atoms with E-state index in [-0.39, 0.29) is 5.95 Å². The van der Waals surface area contributed by atoms with Crippen LogP contribution in [0, 0.1) is 0 Å². The molecule has 0 saturated heterocycles. The Kier molecular flexibility index (Phi) is 2.14. The Morgan fingerprint density at radius 2 is 2.50 bits per heavy atom. The van der Waals surface area contributed by atoms with Crippen LogP contribution >= 0.6 is 0 Å². The zero-order chi connectivity index (χ0) is 9.14. The number of allylic oxidation sites excluding steroid dienone is 1. The summed E-state index contributed by atoms with van der Waals surface area (Å²) in [4.78, 5) is 16.8. The number of hydrogen-bond acceptors (Lipinski definition) is 3. The van der Waals surface area contributed by atoms with E-state index in [2.05, 4.69) is 9.97 Å². The van der Waals surface area contributed by atoms with Gasteiger partial charge in [-0.05, 0) is 12.5 Å². The molecule has 1 heterocycles. The molecule has 0 amide bonds. The van der Waals surface area contributed by atoms with Crippen molar-refractivity contribution >= 4 is 17.5 Å². The average Bonchev–Trinajstić information content (AvgIpc) is 2.34. The number of nitrogens with two attached hydrogens (primary N) is 1. The van der Waals surface area contributed by atoms with Crippen molar-refractivity contribution in [2.45, 2.75) is 6.92 Å². The lowest BCUT2D eigenvalue weighted by Crippen LogP contribution is -1.91. The number of nitrogen functional groups attached to an aromatic ring is 1. The van der Waals surface area contributed by atoms with E-state index in [0.717, 1.165) is 6.08 Å². The summed E-state index contributed by atoms with van der Waals surface area (Å²) >= 11 is 0. The van der Waals surface area contributed by atoms with E-state index in [4.69, 9.17) is 10.8 Å². The number of rotatable bonds is 2. The van der Waals surface area contributed by atoms with Gasteiger partial charge in [-0.1, -0.05) is 0 Å². The quantitative estimate of drug-likeness (QED) is 0.558. The summed E-state index contributed by atoms with van der Waals surface area (Å²) in [6.45, 7) is 1.66. The minimum atomic E-state index is -0.992. The number of carboxylic acids is 1. The predicted molar refractivity (Wildman–Crippen MR) is 44.3 cm³/mol. The lowest BCUT2D eigenvalue weighted by atomic mass is 10.2. The Bertz CT molecular complexity index is 327. The van der Waals surface area contributed by atoms with Gasteiger partial charge in [0, 0.05) is 12.3 Å². The molecule has 5 heteroatoms. The van der Waals surface area contributed by atoms with Crippen molar-refractivity contribution in [1.29, 1.82) is 0 Å². The number of aromatic amines is 1. The van der Waals surface area contributed by atoms with Crippen LogP contribution in [0.15, 0.2) is 12.3 Å². The number of hydrogen-bond donors (Lipinski definition) is 3. The third-order valence-electron chi connectivity index (χ3n) is 1.34. The second-order valence-corrected chi connectivity index (χ2v) is 2.34. The summed E-state index contributed by atoms with van der Waals surface area (Å²) in [6.07, 6.45) is 2.64. The first kappa shape index (κ1) is 8.32. The molecule has 0 atom stereocenters. The Morgan fingerprint density at radius 1 is 1.83 bits per heavy atom. The highest BCUT2D eigenvalue weighted by atomic mass is 16.4. The maximum atomic E-state index is 10.2. The van der Waals surface area contributed by atoms with Crippen LogP contribution in [-0.4, -0.2) is 21.0 Å². The number of imidazole rings is 1. The molecule has 0 aliphatic carbocycles. The van der Waals surface area contributed by atoms with Crippen LogP contribution < -0.4 is 5.73 Å². The molecule has 0 aromatic carbocycles. The third-order valence-corrected chi connectivity index (χ3v) is 1.34. The fourth-order valence-corrected chi connectivity index (χ4v) is 0.798. The van der Waals surface area contributed by atoms with Gasteiger partial charge >= 0.3 is 5.97 Å². The number of nitrogens with zero attached hydrogens (tertiary/aromatic N) is 1. The summed E-state index contributed by atoms with van der Waals surface area (Å²) in [7, 11) is 0. The van der Waals surface area contributed by atoms with Gasteiger partial charge in [0.05, 0.1) is 5.69 Å². The normalized spacial score (nSPS) is 11.6. The van der Waals surface area contributed by atoms with E-state index >= 15 is 0 Å². The minimum absolute atomic E-state index is 0.281. The van der Waals surface area contributed by atoms with Crippen LogP contribution in [0.5, 0.6) is 0 Å². The van der Waals surface area contributed by atoms with Crippen molar-refractivity contribution in [2.24, 2.45) is 0 Å². The number of anilines is 1. The second-order valence-electron chi connectivity index (χ2n) is 2.34. The van der Waals surface area contributed by atoms with Crippen LogP contribution in [0.1, 0.15) is 12.6 Å². The second kappa shape index (κ2) is 3.08. The maximum absolute atomic E-state index is 10.2. The highest BCUT2D eigenvalue weighted by Crippen LogP contribution is 2.10. The van der Waals surface area contributed by atoms with Gasteiger partial charge in [0.1, 0.15) is 0 Å². The van der Waals surface area contributed by atoms with Crippen LogP contribution in [0.3, 0.4) is 0 Å². The number of carboxylic acid groups (broad SMARTS) is 1. The highest BCUT2D eigenvalue weighted by molar-refractivity contribution is 5.88. The molecule has 0 spiro atoms. The topological polar surface area (TPSA) is 92.0 Å². The fraction of sp³-hybridized carbons (Fsp3) is 0.143. The van der Waals surface area contributed by atoms with Crippen molar-refractivity contribution in [2.75, 3.05) is 5.73 Å². The summed E-state index contributed by atoms with van der Waals surface area (Å²) in [6, 6.07) is 0. The number of carbonyl (C=O) groups is 1. The lowest BCUT2D eigenvalue weighted by molar-refractivity contribution is -0.131. The molecule has 0 fully saturated rings. The third kappa shape index (κ3) is 1.85. The van der Waals surface area contributed by atoms with E-state index in [1.165, 1.54) is 0 Å². The Hall–Kier alpha value is -1.78. The van der Waals surface area contributed by atoms with Gasteiger partial charge in [-0.2, -0.15) is 0 Å². The molecular formula is C7H9N3O2. The standard InChI is InChI=1S/C7H9N3O2/c1-4(2-6(11)12)5-3-9-7(8)10-5/h2-3H,1H3,(H,11,12)(H3,8,9,10)/b4-2+. The molecule has 0 aliphatic rings. The van der Waals surface area contributed by atoms with Crippen molar-refractivity contribution in [3.05, 3.63) is 18.0 Å². The minimum Gasteiger partial charge on any atom is -0.478 e. The summed E-state index contributed by atoms with van der Waals surface area (Å²) in [5.41, 5.74) is 6.42. The zero-order valence-electron chi connectivity index (χ0n) is 6.53. The van der Waals surface area contributed by atoms with Crippen molar-refractivity contribution in [3.8, 4) is 0 Å². The van der Waals surface area contributed by atoms with Crippen LogP contribution in [-0.2, 0) is 4.79 Å². The Morgan fingerprint density at radius 3 is 2.92 bits per heavy atom. The summed E-state index contributed by atoms with van der Waals surface area (Å²) in [5.74, 6) is -0.711. The smallest absolute Gasteiger partial charge is 0.328 e. The monoisotopic (exact) mass is 167 g/mol. The van der Waals surface area contributed by atoms with E-state index in [1.54, 1.807) is 13.1 Å². The first-order valence-electron chi connectivity index (χ1n) is 3.32. The van der Waals surface area contributed by atoms with E-state index < -0.39 is 5.97 Å². The molecule has 0 saturated carbocycles. The van der Waals surface area contributed by atoms with Crippen LogP contribution in [0.4, 0.5) is 5.95 Å². The fourth-order valence-electron chi connectivity index (χ4n) is 0.798. The average molecular weight is 167 g/mol. The van der Waals surface area contributed by atoms with Gasteiger partial charge in [-0.3, -0.25) is 0 Å². The van der Waals surface area contributed by atoms with Gasteiger partial charge in [-0.25, -0.2) is 9.78 Å². The number of nitrogens with one attached hydrogen (secondary N) is 1. The van der Waals surface area contributed by atoms with E-state index in [0.29, 0.717) is 11.3 Å². The Balaban J connectivity index is 2.91. The molecule has 5 nitrogen and oxygen atoms in total. The molecule has 0 unspecified atom stereocenters. The number of aromatic nitrogens is 2. The highest BCUT2D eigenvalue weighted by Gasteiger charge is 2.01. The Labute approximate surface area is 68.9 Å². The van der Waals surface area contributed by atoms with Crippen LogP contribution in [0.25, 0.3) is 5.57 Å². The molecule has 4 N–H and O–H groups in total. The molecule has 12 heavy (non-hydrogen) atoms. The van der Waals surface area contributed by atoms with Crippen molar-refractivity contribution in [3.63, 3.8) is 0 Å². The van der Waals surface area contributed by atoms with Gasteiger partial charge in [0.25, 0.3) is 0 Å². The molecule has 64 valence electrons. The molecule has 1 rings (SSSR count). The molecule has 0 radical (unpaired) electrons. The van der Waals surface area contributed by atoms with Crippen molar-refractivity contribution in [1.82, 2.24) is 9.97 Å². The zero-order valence-corrected chi connectivity index (χ0v) is 6.53. The molecular weight excluding hydrogens is 158 g/mol. The number of H-pyrrole nitrogens is 1. The van der Waals surface area contributed by atoms with Gasteiger partial charge in [-0.15, -0.1) is 0 Å². The van der Waals surface area contributed by atoms with E-state index in [1.807, 2.05) is 0 Å². The largest absolute Gasteiger partial charge is 0.478 e. The molecule has 0 aliphatic heterocycles. The molecule has 0 bridgehead atoms. The first-order valence-corrected chi connectivity index (χ1v) is 3.32. The van der Waals surface area contributed by atoms with Gasteiger partial charge < -0.3 is 15.8 Å². The predicted octanol–water partition coefficient (Wildman–Crippen LogP) is 0.480. The summed E-state index contributed by atoms with van der Waals surface area (Å²) in [5, 5.41) is 8.41. The van der Waals surface area contributed by atoms with Gasteiger partial charge in [0.15, 0.2) is 5.95 Å². The number of aliphatic carboxylic acids is 1. The summed E-state index contributed by atoms with van der Waals surface area (Å²) < 4.78 is 0. The first-order chi connectivity index (χ1) is 5.59. The maximum Gasteiger partial charge on any atom is 0.328 e. The van der Waals surface area contributed by atoms with E-state index in [9.17, 15) is 4.79 Å². The van der Waals surface area contributed by atoms with Crippen molar-refractivity contribution < 1.29 is 9.90 Å². The molecule has 1 aromatic heterocycles. The lowest BCUT2D eigenvalue weighted by Gasteiger charge is -1.90.